The molecule has 1 saturated heterocycles. The fraction of sp³-hybridized carbons (Fsp3) is 0.533. The molecule has 1 aromatic carbocycles. The van der Waals surface area contributed by atoms with Crippen molar-refractivity contribution in [3.8, 4) is 0 Å². The summed E-state index contributed by atoms with van der Waals surface area (Å²) in [5.74, 6) is -0.127. The van der Waals surface area contributed by atoms with Crippen molar-refractivity contribution in [2.45, 2.75) is 26.2 Å². The van der Waals surface area contributed by atoms with Gasteiger partial charge in [-0.2, -0.15) is 0 Å². The number of piperidine rings is 1. The highest BCUT2D eigenvalue weighted by molar-refractivity contribution is 6.42. The smallest absolute Gasteiger partial charge is 0.313 e. The van der Waals surface area contributed by atoms with Gasteiger partial charge in [-0.05, 0) is 50.4 Å². The highest BCUT2D eigenvalue weighted by Gasteiger charge is 2.41. The van der Waals surface area contributed by atoms with Crippen LogP contribution in [0.5, 0.6) is 0 Å². The maximum Gasteiger partial charge on any atom is 0.313 e. The summed E-state index contributed by atoms with van der Waals surface area (Å²) in [5, 5.41) is 4.35. The Labute approximate surface area is 141 Å². The maximum absolute atomic E-state index is 12.4. The molecule has 6 heteroatoms. The predicted molar refractivity (Wildman–Crippen MR) is 88.6 cm³/mol. The number of nitrogens with one attached hydrogen (secondary N) is 1. The van der Waals surface area contributed by atoms with Crippen LogP contribution in [0, 0.1) is 5.41 Å². The zero-order valence-electron chi connectivity index (χ0n) is 12.0. The number of hydrogen-bond acceptors (Lipinski definition) is 3. The molecule has 118 valence electrons. The third kappa shape index (κ3) is 4.49. The van der Waals surface area contributed by atoms with Crippen molar-refractivity contribution in [2.75, 3.05) is 19.7 Å². The summed E-state index contributed by atoms with van der Waals surface area (Å²) in [5.41, 5.74) is 0.516. The molecule has 1 heterocycles. The fourth-order valence-electron chi connectivity index (χ4n) is 2.69. The molecular formula is C15H20Cl3NO2. The standard InChI is InChI=1S/C15H19Cl2NO2.ClH/c1-2-20-14(19)15(6-3-7-18-10-15)9-11-4-5-12(16)13(17)8-11;/h4-5,8,18H,2-3,6-7,9-10H2,1H3;1H. The maximum atomic E-state index is 12.4. The van der Waals surface area contributed by atoms with Crippen molar-refractivity contribution in [3.05, 3.63) is 33.8 Å². The Morgan fingerprint density at radius 3 is 2.71 bits per heavy atom. The van der Waals surface area contributed by atoms with Crippen LogP contribution in [0.4, 0.5) is 0 Å². The number of halogens is 3. The van der Waals surface area contributed by atoms with Crippen LogP contribution in [0.15, 0.2) is 18.2 Å². The van der Waals surface area contributed by atoms with Gasteiger partial charge < -0.3 is 10.1 Å². The number of rotatable bonds is 4. The van der Waals surface area contributed by atoms with Crippen LogP contribution in [0.2, 0.25) is 10.0 Å². The van der Waals surface area contributed by atoms with Gasteiger partial charge in [-0.1, -0.05) is 29.3 Å². The number of benzene rings is 1. The Hall–Kier alpha value is -0.480. The van der Waals surface area contributed by atoms with Crippen LogP contribution in [-0.4, -0.2) is 25.7 Å². The van der Waals surface area contributed by atoms with Crippen molar-refractivity contribution < 1.29 is 9.53 Å². The van der Waals surface area contributed by atoms with Gasteiger partial charge in [-0.3, -0.25) is 4.79 Å². The Balaban J connectivity index is 0.00000220. The molecule has 1 fully saturated rings. The van der Waals surface area contributed by atoms with Crippen LogP contribution >= 0.6 is 35.6 Å². The predicted octanol–water partition coefficient (Wildman–Crippen LogP) is 3.89. The molecule has 21 heavy (non-hydrogen) atoms. The van der Waals surface area contributed by atoms with E-state index in [2.05, 4.69) is 5.32 Å². The van der Waals surface area contributed by atoms with Crippen molar-refractivity contribution in [2.24, 2.45) is 5.41 Å². The summed E-state index contributed by atoms with van der Waals surface area (Å²) in [6, 6.07) is 5.53. The Morgan fingerprint density at radius 2 is 2.14 bits per heavy atom. The van der Waals surface area contributed by atoms with Gasteiger partial charge in [0.25, 0.3) is 0 Å². The van der Waals surface area contributed by atoms with Gasteiger partial charge in [-0.25, -0.2) is 0 Å². The van der Waals surface area contributed by atoms with E-state index in [0.29, 0.717) is 29.6 Å². The lowest BCUT2D eigenvalue weighted by molar-refractivity contribution is -0.156. The fourth-order valence-corrected chi connectivity index (χ4v) is 3.01. The molecule has 0 amide bonds. The summed E-state index contributed by atoms with van der Waals surface area (Å²) >= 11 is 12.0. The Kier molecular flexibility index (Phi) is 7.28. The second-order valence-electron chi connectivity index (χ2n) is 5.21. The van der Waals surface area contributed by atoms with Gasteiger partial charge in [0.05, 0.1) is 22.1 Å². The third-order valence-corrected chi connectivity index (χ3v) is 4.45. The highest BCUT2D eigenvalue weighted by Crippen LogP contribution is 2.34. The van der Waals surface area contributed by atoms with Gasteiger partial charge >= 0.3 is 5.97 Å². The number of carbonyl (C=O) groups is 1. The molecule has 1 N–H and O–H groups in total. The minimum Gasteiger partial charge on any atom is -0.466 e. The second-order valence-corrected chi connectivity index (χ2v) is 6.02. The first-order chi connectivity index (χ1) is 9.57. The zero-order valence-corrected chi connectivity index (χ0v) is 14.3. The van der Waals surface area contributed by atoms with Crippen LogP contribution in [-0.2, 0) is 16.0 Å². The number of carbonyl (C=O) groups excluding carboxylic acids is 1. The molecule has 1 atom stereocenters. The molecule has 1 aliphatic heterocycles. The topological polar surface area (TPSA) is 38.3 Å². The molecule has 0 radical (unpaired) electrons. The molecule has 1 aliphatic rings. The summed E-state index contributed by atoms with van der Waals surface area (Å²) in [6.45, 7) is 3.83. The van der Waals surface area contributed by atoms with E-state index in [0.717, 1.165) is 24.9 Å². The summed E-state index contributed by atoms with van der Waals surface area (Å²) < 4.78 is 5.27. The third-order valence-electron chi connectivity index (χ3n) is 3.71. The minimum absolute atomic E-state index is 0. The molecule has 3 nitrogen and oxygen atoms in total. The molecule has 0 spiro atoms. The van der Waals surface area contributed by atoms with E-state index in [-0.39, 0.29) is 18.4 Å². The van der Waals surface area contributed by atoms with E-state index in [1.165, 1.54) is 0 Å². The summed E-state index contributed by atoms with van der Waals surface area (Å²) in [4.78, 5) is 12.4. The zero-order chi connectivity index (χ0) is 14.6. The first-order valence-corrected chi connectivity index (χ1v) is 7.65. The molecule has 1 unspecified atom stereocenters. The molecule has 0 saturated carbocycles. The summed E-state index contributed by atoms with van der Waals surface area (Å²) in [6.07, 6.45) is 2.43. The molecular weight excluding hydrogens is 333 g/mol. The number of ether oxygens (including phenoxy) is 1. The van der Waals surface area contributed by atoms with Crippen molar-refractivity contribution in [3.63, 3.8) is 0 Å². The van der Waals surface area contributed by atoms with Crippen LogP contribution in [0.1, 0.15) is 25.3 Å². The van der Waals surface area contributed by atoms with E-state index < -0.39 is 5.41 Å². The molecule has 2 rings (SSSR count). The Morgan fingerprint density at radius 1 is 1.38 bits per heavy atom. The normalized spacial score (nSPS) is 21.5. The molecule has 0 aromatic heterocycles. The van der Waals surface area contributed by atoms with Crippen LogP contribution < -0.4 is 5.32 Å². The lowest BCUT2D eigenvalue weighted by atomic mass is 9.76. The lowest BCUT2D eigenvalue weighted by Gasteiger charge is -2.35. The number of esters is 1. The van der Waals surface area contributed by atoms with E-state index in [4.69, 9.17) is 27.9 Å². The average Bonchev–Trinajstić information content (AvgIpc) is 2.44. The van der Waals surface area contributed by atoms with Crippen LogP contribution in [0.25, 0.3) is 0 Å². The van der Waals surface area contributed by atoms with Crippen molar-refractivity contribution >= 4 is 41.6 Å². The Bertz CT molecular complexity index is 488. The van der Waals surface area contributed by atoms with E-state index in [1.54, 1.807) is 6.07 Å². The van der Waals surface area contributed by atoms with Gasteiger partial charge in [0.2, 0.25) is 0 Å². The van der Waals surface area contributed by atoms with Gasteiger partial charge in [0.15, 0.2) is 0 Å². The summed E-state index contributed by atoms with van der Waals surface area (Å²) in [7, 11) is 0. The van der Waals surface area contributed by atoms with E-state index in [1.807, 2.05) is 19.1 Å². The van der Waals surface area contributed by atoms with Crippen molar-refractivity contribution in [1.82, 2.24) is 5.32 Å². The van der Waals surface area contributed by atoms with Gasteiger partial charge in [-0.15, -0.1) is 12.4 Å². The molecule has 0 bridgehead atoms. The quantitative estimate of drug-likeness (QED) is 0.835. The second kappa shape index (κ2) is 8.23. The molecule has 0 aliphatic carbocycles. The van der Waals surface area contributed by atoms with E-state index >= 15 is 0 Å². The first-order valence-electron chi connectivity index (χ1n) is 6.89. The first kappa shape index (κ1) is 18.6. The monoisotopic (exact) mass is 351 g/mol. The largest absolute Gasteiger partial charge is 0.466 e. The average molecular weight is 353 g/mol. The van der Waals surface area contributed by atoms with Gasteiger partial charge in [0, 0.05) is 6.54 Å². The molecule has 1 aromatic rings. The van der Waals surface area contributed by atoms with Gasteiger partial charge in [0.1, 0.15) is 0 Å². The minimum atomic E-state index is -0.495. The lowest BCUT2D eigenvalue weighted by Crippen LogP contribution is -2.47. The number of hydrogen-bond donors (Lipinski definition) is 1. The van der Waals surface area contributed by atoms with E-state index in [9.17, 15) is 4.79 Å². The van der Waals surface area contributed by atoms with Crippen molar-refractivity contribution in [1.29, 1.82) is 0 Å². The SMILES string of the molecule is CCOC(=O)C1(Cc2ccc(Cl)c(Cl)c2)CCCNC1.Cl. The van der Waals surface area contributed by atoms with Crippen LogP contribution in [0.3, 0.4) is 0 Å². The highest BCUT2D eigenvalue weighted by atomic mass is 35.5.